The third-order valence-corrected chi connectivity index (χ3v) is 5.28. The average molecular weight is 479 g/mol. The molecule has 2 aromatic rings. The summed E-state index contributed by atoms with van der Waals surface area (Å²) in [5.74, 6) is -1.99. The number of amides is 1. The maximum absolute atomic E-state index is 13.4. The van der Waals surface area contributed by atoms with Crippen molar-refractivity contribution >= 4 is 29.1 Å². The van der Waals surface area contributed by atoms with Gasteiger partial charge in [0.25, 0.3) is 0 Å². The lowest BCUT2D eigenvalue weighted by Gasteiger charge is -2.44. The standard InChI is InChI=1S/C22H26FN3O8/c1-2-33-22(32)25-15-8-7-13(9-14(15)24)26(10-11-3-5-12(23)6-4-11)20-18(29)16(27)17(28)19(34-20)21(30)31/h3-9,16-20,27-29H,2,10,24H2,1H3,(H,25,32)(H,30,31). The molecule has 11 nitrogen and oxygen atoms in total. The second kappa shape index (κ2) is 10.7. The van der Waals surface area contributed by atoms with Gasteiger partial charge in [0.05, 0.1) is 18.0 Å². The Morgan fingerprint density at radius 1 is 1.12 bits per heavy atom. The molecular weight excluding hydrogens is 453 g/mol. The molecule has 1 heterocycles. The van der Waals surface area contributed by atoms with Crippen molar-refractivity contribution in [2.24, 2.45) is 0 Å². The lowest BCUT2D eigenvalue weighted by molar-refractivity contribution is -0.227. The average Bonchev–Trinajstić information content (AvgIpc) is 2.79. The number of nitrogens with one attached hydrogen (secondary N) is 1. The predicted octanol–water partition coefficient (Wildman–Crippen LogP) is 0.875. The van der Waals surface area contributed by atoms with Gasteiger partial charge in [-0.25, -0.2) is 14.0 Å². The molecule has 2 aromatic carbocycles. The Balaban J connectivity index is 1.98. The van der Waals surface area contributed by atoms with Crippen molar-refractivity contribution in [2.75, 3.05) is 22.6 Å². The number of nitrogen functional groups attached to an aromatic ring is 1. The molecule has 1 saturated heterocycles. The number of rotatable bonds is 7. The fourth-order valence-corrected chi connectivity index (χ4v) is 3.56. The molecule has 0 aliphatic carbocycles. The van der Waals surface area contributed by atoms with Gasteiger partial charge in [-0.2, -0.15) is 0 Å². The molecule has 0 radical (unpaired) electrons. The van der Waals surface area contributed by atoms with Gasteiger partial charge >= 0.3 is 12.1 Å². The Morgan fingerprint density at radius 2 is 1.79 bits per heavy atom. The lowest BCUT2D eigenvalue weighted by atomic mass is 9.96. The molecule has 1 amide bonds. The zero-order valence-corrected chi connectivity index (χ0v) is 18.2. The van der Waals surface area contributed by atoms with E-state index in [0.29, 0.717) is 11.3 Å². The number of hydrogen-bond donors (Lipinski definition) is 6. The first-order chi connectivity index (χ1) is 16.1. The summed E-state index contributed by atoms with van der Waals surface area (Å²) in [6, 6.07) is 9.85. The van der Waals surface area contributed by atoms with Crippen molar-refractivity contribution in [3.8, 4) is 0 Å². The highest BCUT2D eigenvalue weighted by molar-refractivity contribution is 5.89. The van der Waals surface area contributed by atoms with Crippen LogP contribution in [-0.2, 0) is 20.8 Å². The Kier molecular flexibility index (Phi) is 7.89. The van der Waals surface area contributed by atoms with Crippen LogP contribution in [0.4, 0.5) is 26.2 Å². The first kappa shape index (κ1) is 25.2. The van der Waals surface area contributed by atoms with E-state index in [2.05, 4.69) is 5.32 Å². The molecular formula is C22H26FN3O8. The van der Waals surface area contributed by atoms with E-state index in [4.69, 9.17) is 15.2 Å². The summed E-state index contributed by atoms with van der Waals surface area (Å²) in [5, 5.41) is 42.8. The van der Waals surface area contributed by atoms with Crippen LogP contribution >= 0.6 is 0 Å². The normalized spacial score (nSPS) is 24.3. The number of anilines is 3. The van der Waals surface area contributed by atoms with E-state index < -0.39 is 48.5 Å². The summed E-state index contributed by atoms with van der Waals surface area (Å²) in [5.41, 5.74) is 7.33. The Hall–Kier alpha value is -3.45. The first-order valence-corrected chi connectivity index (χ1v) is 10.4. The number of benzene rings is 2. The molecule has 0 bridgehead atoms. The molecule has 3 rings (SSSR count). The fourth-order valence-electron chi connectivity index (χ4n) is 3.56. The number of nitrogens with two attached hydrogens (primary N) is 1. The maximum Gasteiger partial charge on any atom is 0.411 e. The van der Waals surface area contributed by atoms with Gasteiger partial charge in [0.15, 0.2) is 12.3 Å². The Morgan fingerprint density at radius 3 is 2.38 bits per heavy atom. The number of carboxylic acid groups (broad SMARTS) is 1. The number of aliphatic carboxylic acids is 1. The van der Waals surface area contributed by atoms with Gasteiger partial charge in [0.1, 0.15) is 24.1 Å². The zero-order chi connectivity index (χ0) is 25.0. The van der Waals surface area contributed by atoms with Crippen molar-refractivity contribution in [1.29, 1.82) is 0 Å². The predicted molar refractivity (Wildman–Crippen MR) is 118 cm³/mol. The molecule has 12 heteroatoms. The number of carboxylic acids is 1. The Bertz CT molecular complexity index is 1020. The molecule has 1 aliphatic rings. The van der Waals surface area contributed by atoms with Gasteiger partial charge < -0.3 is 40.5 Å². The molecule has 184 valence electrons. The second-order valence-electron chi connectivity index (χ2n) is 7.63. The molecule has 0 aromatic heterocycles. The first-order valence-electron chi connectivity index (χ1n) is 10.4. The van der Waals surface area contributed by atoms with Gasteiger partial charge in [-0.05, 0) is 42.8 Å². The number of nitrogens with zero attached hydrogens (tertiary/aromatic N) is 1. The summed E-state index contributed by atoms with van der Waals surface area (Å²) in [6.07, 6.45) is -9.34. The molecule has 34 heavy (non-hydrogen) atoms. The number of aliphatic hydroxyl groups is 3. The van der Waals surface area contributed by atoms with E-state index in [1.54, 1.807) is 6.92 Å². The second-order valence-corrected chi connectivity index (χ2v) is 7.63. The zero-order valence-electron chi connectivity index (χ0n) is 18.2. The topological polar surface area (TPSA) is 175 Å². The van der Waals surface area contributed by atoms with Crippen molar-refractivity contribution in [2.45, 2.75) is 44.1 Å². The van der Waals surface area contributed by atoms with Crippen LogP contribution < -0.4 is 16.0 Å². The van der Waals surface area contributed by atoms with E-state index >= 15 is 0 Å². The summed E-state index contributed by atoms with van der Waals surface area (Å²) < 4.78 is 23.7. The number of hydrogen-bond acceptors (Lipinski definition) is 9. The van der Waals surface area contributed by atoms with Gasteiger partial charge in [-0.3, -0.25) is 5.32 Å². The minimum Gasteiger partial charge on any atom is -0.479 e. The monoisotopic (exact) mass is 479 g/mol. The summed E-state index contributed by atoms with van der Waals surface area (Å²) >= 11 is 0. The van der Waals surface area contributed by atoms with E-state index in [0.717, 1.165) is 0 Å². The van der Waals surface area contributed by atoms with E-state index in [1.165, 1.54) is 47.4 Å². The van der Waals surface area contributed by atoms with Gasteiger partial charge in [-0.1, -0.05) is 12.1 Å². The van der Waals surface area contributed by atoms with E-state index in [9.17, 15) is 34.4 Å². The number of halogens is 1. The van der Waals surface area contributed by atoms with Crippen molar-refractivity contribution in [1.82, 2.24) is 0 Å². The highest BCUT2D eigenvalue weighted by atomic mass is 19.1. The number of aliphatic hydroxyl groups excluding tert-OH is 3. The maximum atomic E-state index is 13.4. The summed E-state index contributed by atoms with van der Waals surface area (Å²) in [4.78, 5) is 24.7. The van der Waals surface area contributed by atoms with Crippen LogP contribution in [0, 0.1) is 5.82 Å². The smallest absolute Gasteiger partial charge is 0.411 e. The molecule has 0 saturated carbocycles. The fraction of sp³-hybridized carbons (Fsp3) is 0.364. The van der Waals surface area contributed by atoms with Gasteiger partial charge in [0, 0.05) is 12.2 Å². The van der Waals surface area contributed by atoms with Crippen molar-refractivity contribution in [3.05, 3.63) is 53.8 Å². The molecule has 0 spiro atoms. The quantitative estimate of drug-likeness (QED) is 0.313. The largest absolute Gasteiger partial charge is 0.479 e. The van der Waals surface area contributed by atoms with Crippen LogP contribution in [-0.4, -0.2) is 69.7 Å². The SMILES string of the molecule is CCOC(=O)Nc1ccc(N(Cc2ccc(F)cc2)C2OC(C(=O)O)C(O)C(O)C2O)cc1N. The van der Waals surface area contributed by atoms with Crippen LogP contribution in [0.15, 0.2) is 42.5 Å². The van der Waals surface area contributed by atoms with E-state index in [1.807, 2.05) is 0 Å². The number of carbonyl (C=O) groups excluding carboxylic acids is 1. The van der Waals surface area contributed by atoms with Crippen LogP contribution in [0.1, 0.15) is 12.5 Å². The number of ether oxygens (including phenoxy) is 2. The van der Waals surface area contributed by atoms with E-state index in [-0.39, 0.29) is 24.5 Å². The lowest BCUT2D eigenvalue weighted by Crippen LogP contribution is -2.64. The third kappa shape index (κ3) is 5.54. The molecule has 5 unspecified atom stereocenters. The summed E-state index contributed by atoms with van der Waals surface area (Å²) in [7, 11) is 0. The molecule has 1 aliphatic heterocycles. The summed E-state index contributed by atoms with van der Waals surface area (Å²) in [6.45, 7) is 1.79. The van der Waals surface area contributed by atoms with Crippen molar-refractivity contribution in [3.63, 3.8) is 0 Å². The molecule has 1 fully saturated rings. The van der Waals surface area contributed by atoms with Crippen molar-refractivity contribution < 1.29 is 43.9 Å². The van der Waals surface area contributed by atoms with Crippen LogP contribution in [0.2, 0.25) is 0 Å². The minimum atomic E-state index is -1.86. The highest BCUT2D eigenvalue weighted by Gasteiger charge is 2.49. The number of carbonyl (C=O) groups is 2. The third-order valence-electron chi connectivity index (χ3n) is 5.28. The van der Waals surface area contributed by atoms with Crippen LogP contribution in [0.25, 0.3) is 0 Å². The van der Waals surface area contributed by atoms with Gasteiger partial charge in [0.2, 0.25) is 0 Å². The minimum absolute atomic E-state index is 0.0126. The van der Waals surface area contributed by atoms with Crippen LogP contribution in [0.3, 0.4) is 0 Å². The van der Waals surface area contributed by atoms with Gasteiger partial charge in [-0.15, -0.1) is 0 Å². The highest BCUT2D eigenvalue weighted by Crippen LogP contribution is 2.32. The Labute approximate surface area is 194 Å². The molecule has 7 N–H and O–H groups in total. The molecule has 5 atom stereocenters. The van der Waals surface area contributed by atoms with Crippen LogP contribution in [0.5, 0.6) is 0 Å².